The molecule has 174 valence electrons. The van der Waals surface area contributed by atoms with Crippen molar-refractivity contribution < 1.29 is 23.1 Å². The molecular weight excluding hydrogens is 449 g/mol. The van der Waals surface area contributed by atoms with Gasteiger partial charge < -0.3 is 10.0 Å². The fraction of sp³-hybridized carbons (Fsp3) is 0.208. The first kappa shape index (κ1) is 21.7. The molecule has 2 aromatic carbocycles. The van der Waals surface area contributed by atoms with Crippen LogP contribution in [-0.4, -0.2) is 43.3 Å². The lowest BCUT2D eigenvalue weighted by molar-refractivity contribution is -0.137. The van der Waals surface area contributed by atoms with Gasteiger partial charge in [-0.2, -0.15) is 13.2 Å². The van der Waals surface area contributed by atoms with Gasteiger partial charge in [-0.05, 0) is 47.9 Å². The average molecular weight is 468 g/mol. The van der Waals surface area contributed by atoms with E-state index in [9.17, 15) is 27.9 Å². The third kappa shape index (κ3) is 3.60. The molecule has 1 saturated heterocycles. The molecule has 1 unspecified atom stereocenters. The molecule has 1 atom stereocenters. The molecule has 7 nitrogen and oxygen atoms in total. The minimum Gasteiger partial charge on any atom is -0.465 e. The molecule has 0 radical (unpaired) electrons. The molecule has 0 saturated carbocycles. The van der Waals surface area contributed by atoms with Crippen molar-refractivity contribution in [2.24, 2.45) is 0 Å². The summed E-state index contributed by atoms with van der Waals surface area (Å²) in [5.41, 5.74) is 0.750. The first-order valence-corrected chi connectivity index (χ1v) is 10.6. The van der Waals surface area contributed by atoms with Crippen LogP contribution in [0, 0.1) is 0 Å². The fourth-order valence-electron chi connectivity index (χ4n) is 4.53. The lowest BCUT2D eigenvalue weighted by Crippen LogP contribution is -2.31. The Balaban J connectivity index is 1.59. The molecule has 0 bridgehead atoms. The number of aromatic nitrogens is 3. The zero-order chi connectivity index (χ0) is 24.0. The Hall–Kier alpha value is -4.08. The number of nitrogens with zero attached hydrogens (tertiary/aromatic N) is 4. The number of hydrogen-bond acceptors (Lipinski definition) is 3. The second-order valence-electron chi connectivity index (χ2n) is 8.10. The Morgan fingerprint density at radius 1 is 1.03 bits per heavy atom. The smallest absolute Gasteiger partial charge is 0.417 e. The summed E-state index contributed by atoms with van der Waals surface area (Å²) in [6.45, 7) is 0.497. The van der Waals surface area contributed by atoms with Crippen molar-refractivity contribution in [2.75, 3.05) is 13.1 Å². The number of carbonyl (C=O) groups is 1. The highest BCUT2D eigenvalue weighted by molar-refractivity contribution is 5.75. The van der Waals surface area contributed by atoms with Gasteiger partial charge in [-0.25, -0.2) is 14.6 Å². The number of imidazole rings is 1. The van der Waals surface area contributed by atoms with E-state index < -0.39 is 17.8 Å². The topological polar surface area (TPSA) is 80.4 Å². The quantitative estimate of drug-likeness (QED) is 0.469. The lowest BCUT2D eigenvalue weighted by atomic mass is 9.99. The summed E-state index contributed by atoms with van der Waals surface area (Å²) in [4.78, 5) is 30.4. The number of hydrogen-bond donors (Lipinski definition) is 1. The maximum Gasteiger partial charge on any atom is 0.417 e. The predicted octanol–water partition coefficient (Wildman–Crippen LogP) is 4.80. The van der Waals surface area contributed by atoms with Gasteiger partial charge in [0.05, 0.1) is 22.8 Å². The third-order valence-corrected chi connectivity index (χ3v) is 6.10. The standard InChI is InChI=1S/C24H19F3N4O3/c25-24(26,27)19-5-2-1-4-18(19)15-7-9-16(10-8-15)30-20-6-3-12-28-21(20)31(22(30)32)17-11-13-29(14-17)23(33)34/h1-10,12,17H,11,13-14H2,(H,33,34). The van der Waals surface area contributed by atoms with E-state index in [1.807, 2.05) is 0 Å². The van der Waals surface area contributed by atoms with Gasteiger partial charge in [0, 0.05) is 19.3 Å². The van der Waals surface area contributed by atoms with Crippen molar-refractivity contribution in [1.29, 1.82) is 0 Å². The third-order valence-electron chi connectivity index (χ3n) is 6.10. The van der Waals surface area contributed by atoms with Gasteiger partial charge in [0.25, 0.3) is 0 Å². The van der Waals surface area contributed by atoms with E-state index in [1.54, 1.807) is 48.7 Å². The highest BCUT2D eigenvalue weighted by atomic mass is 19.4. The maximum absolute atomic E-state index is 13.5. The monoisotopic (exact) mass is 468 g/mol. The Kier molecular flexibility index (Phi) is 5.15. The molecule has 4 aromatic rings. The Labute approximate surface area is 191 Å². The molecule has 3 heterocycles. The molecule has 34 heavy (non-hydrogen) atoms. The van der Waals surface area contributed by atoms with Crippen LogP contribution >= 0.6 is 0 Å². The van der Waals surface area contributed by atoms with Crippen molar-refractivity contribution >= 4 is 17.3 Å². The van der Waals surface area contributed by atoms with Crippen LogP contribution in [0.5, 0.6) is 0 Å². The van der Waals surface area contributed by atoms with E-state index >= 15 is 0 Å². The summed E-state index contributed by atoms with van der Waals surface area (Å²) in [6.07, 6.45) is -3.49. The van der Waals surface area contributed by atoms with Crippen molar-refractivity contribution in [3.8, 4) is 16.8 Å². The van der Waals surface area contributed by atoms with Gasteiger partial charge in [-0.3, -0.25) is 9.13 Å². The first-order chi connectivity index (χ1) is 16.3. The molecule has 1 N–H and O–H groups in total. The highest BCUT2D eigenvalue weighted by Gasteiger charge is 2.33. The van der Waals surface area contributed by atoms with Gasteiger partial charge in [0.2, 0.25) is 0 Å². The number of amides is 1. The van der Waals surface area contributed by atoms with E-state index in [0.29, 0.717) is 35.4 Å². The molecular formula is C24H19F3N4O3. The van der Waals surface area contributed by atoms with Crippen LogP contribution < -0.4 is 5.69 Å². The number of likely N-dealkylation sites (tertiary alicyclic amines) is 1. The van der Waals surface area contributed by atoms with Gasteiger partial charge in [0.15, 0.2) is 5.65 Å². The Morgan fingerprint density at radius 3 is 2.44 bits per heavy atom. The molecule has 5 rings (SSSR count). The van der Waals surface area contributed by atoms with Crippen molar-refractivity contribution in [3.05, 3.63) is 82.9 Å². The number of benzene rings is 2. The summed E-state index contributed by atoms with van der Waals surface area (Å²) < 4.78 is 43.3. The molecule has 1 aliphatic rings. The second-order valence-corrected chi connectivity index (χ2v) is 8.10. The molecule has 0 spiro atoms. The van der Waals surface area contributed by atoms with Gasteiger partial charge >= 0.3 is 18.0 Å². The zero-order valence-electron chi connectivity index (χ0n) is 17.7. The minimum absolute atomic E-state index is 0.0534. The van der Waals surface area contributed by atoms with Crippen LogP contribution in [0.25, 0.3) is 28.0 Å². The minimum atomic E-state index is -4.49. The van der Waals surface area contributed by atoms with Gasteiger partial charge in [-0.15, -0.1) is 0 Å². The summed E-state index contributed by atoms with van der Waals surface area (Å²) in [5.74, 6) is 0. The van der Waals surface area contributed by atoms with Crippen LogP contribution in [0.3, 0.4) is 0 Å². The predicted molar refractivity (Wildman–Crippen MR) is 119 cm³/mol. The van der Waals surface area contributed by atoms with Crippen LogP contribution in [-0.2, 0) is 6.18 Å². The number of alkyl halides is 3. The number of halogens is 3. The van der Waals surface area contributed by atoms with Crippen LogP contribution in [0.1, 0.15) is 18.0 Å². The van der Waals surface area contributed by atoms with Crippen LogP contribution in [0.4, 0.5) is 18.0 Å². The van der Waals surface area contributed by atoms with E-state index in [-0.39, 0.29) is 23.8 Å². The van der Waals surface area contributed by atoms with Crippen molar-refractivity contribution in [2.45, 2.75) is 18.6 Å². The molecule has 2 aromatic heterocycles. The van der Waals surface area contributed by atoms with Gasteiger partial charge in [0.1, 0.15) is 0 Å². The summed E-state index contributed by atoms with van der Waals surface area (Å²) >= 11 is 0. The average Bonchev–Trinajstić information content (AvgIpc) is 3.41. The first-order valence-electron chi connectivity index (χ1n) is 10.6. The highest BCUT2D eigenvalue weighted by Crippen LogP contribution is 2.37. The number of carboxylic acid groups (broad SMARTS) is 1. The lowest BCUT2D eigenvalue weighted by Gasteiger charge is -2.13. The largest absolute Gasteiger partial charge is 0.465 e. The molecule has 10 heteroatoms. The van der Waals surface area contributed by atoms with Crippen molar-refractivity contribution in [1.82, 2.24) is 19.0 Å². The maximum atomic E-state index is 13.5. The number of pyridine rings is 1. The molecule has 1 fully saturated rings. The SMILES string of the molecule is O=C(O)N1CCC(n2c(=O)n(-c3ccc(-c4ccccc4C(F)(F)F)cc3)c3cccnc32)C1. The summed E-state index contributed by atoms with van der Waals surface area (Å²) in [5, 5.41) is 9.28. The van der Waals surface area contributed by atoms with Crippen LogP contribution in [0.15, 0.2) is 71.7 Å². The van der Waals surface area contributed by atoms with Crippen molar-refractivity contribution in [3.63, 3.8) is 0 Å². The number of rotatable bonds is 3. The van der Waals surface area contributed by atoms with E-state index in [1.165, 1.54) is 26.2 Å². The molecule has 1 amide bonds. The van der Waals surface area contributed by atoms with E-state index in [2.05, 4.69) is 4.98 Å². The Bertz CT molecular complexity index is 1440. The number of fused-ring (bicyclic) bond motifs is 1. The van der Waals surface area contributed by atoms with Crippen LogP contribution in [0.2, 0.25) is 0 Å². The van der Waals surface area contributed by atoms with E-state index in [4.69, 9.17) is 0 Å². The zero-order valence-corrected chi connectivity index (χ0v) is 17.7. The summed E-state index contributed by atoms with van der Waals surface area (Å²) in [7, 11) is 0. The second kappa shape index (κ2) is 8.05. The molecule has 0 aliphatic carbocycles. The summed E-state index contributed by atoms with van der Waals surface area (Å²) in [6, 6.07) is 14.7. The normalized spacial score (nSPS) is 16.3. The fourth-order valence-corrected chi connectivity index (χ4v) is 4.53. The molecule has 1 aliphatic heterocycles. The van der Waals surface area contributed by atoms with Gasteiger partial charge in [-0.1, -0.05) is 30.3 Å². The Morgan fingerprint density at radius 2 is 1.76 bits per heavy atom. The van der Waals surface area contributed by atoms with E-state index in [0.717, 1.165) is 6.07 Å².